The van der Waals surface area contributed by atoms with E-state index in [2.05, 4.69) is 34.6 Å². The molecule has 2 unspecified atom stereocenters. The summed E-state index contributed by atoms with van der Waals surface area (Å²) in [6.07, 6.45) is 6.50. The largest absolute Gasteiger partial charge is 0.325 e. The van der Waals surface area contributed by atoms with Crippen LogP contribution in [0.5, 0.6) is 0 Å². The van der Waals surface area contributed by atoms with Crippen LogP contribution in [0.4, 0.5) is 0 Å². The molecule has 0 aromatic heterocycles. The van der Waals surface area contributed by atoms with Crippen LogP contribution in [-0.4, -0.2) is 5.54 Å². The number of hydrogen-bond acceptors (Lipinski definition) is 1. The smallest absolute Gasteiger partial charge is 0.0136 e. The van der Waals surface area contributed by atoms with Crippen LogP contribution in [0.25, 0.3) is 0 Å². The molecule has 2 bridgehead atoms. The van der Waals surface area contributed by atoms with E-state index >= 15 is 0 Å². The lowest BCUT2D eigenvalue weighted by atomic mass is 9.47. The highest BCUT2D eigenvalue weighted by Gasteiger charge is 2.54. The topological polar surface area (TPSA) is 26.0 Å². The molecule has 0 heterocycles. The van der Waals surface area contributed by atoms with E-state index in [9.17, 15) is 0 Å². The van der Waals surface area contributed by atoms with E-state index in [-0.39, 0.29) is 5.54 Å². The molecule has 2 fully saturated rings. The minimum absolute atomic E-state index is 0.0677. The summed E-state index contributed by atoms with van der Waals surface area (Å²) < 4.78 is 0. The van der Waals surface area contributed by atoms with Gasteiger partial charge in [0.05, 0.1) is 0 Å². The van der Waals surface area contributed by atoms with Gasteiger partial charge < -0.3 is 5.73 Å². The lowest BCUT2D eigenvalue weighted by Gasteiger charge is -2.60. The molecule has 17 heavy (non-hydrogen) atoms. The highest BCUT2D eigenvalue weighted by Crippen LogP contribution is 2.62. The molecule has 0 spiro atoms. The number of fused-ring (bicyclic) bond motifs is 2. The second-order valence-electron chi connectivity index (χ2n) is 8.32. The van der Waals surface area contributed by atoms with Gasteiger partial charge in [-0.05, 0) is 55.3 Å². The van der Waals surface area contributed by atoms with Crippen molar-refractivity contribution in [1.29, 1.82) is 0 Å². The highest BCUT2D eigenvalue weighted by atomic mass is 14.8. The zero-order valence-corrected chi connectivity index (χ0v) is 13.1. The third-order valence-corrected chi connectivity index (χ3v) is 4.33. The van der Waals surface area contributed by atoms with E-state index < -0.39 is 0 Å². The van der Waals surface area contributed by atoms with Crippen LogP contribution in [0, 0.1) is 16.2 Å². The average Bonchev–Trinajstić information content (AvgIpc) is 1.94. The second-order valence-corrected chi connectivity index (χ2v) is 8.32. The van der Waals surface area contributed by atoms with Crippen molar-refractivity contribution in [3.8, 4) is 0 Å². The SMILES string of the molecule is CC.CC1(C)CC2(C)CC(C)(N)CC(C)(C1)C2. The molecular formula is C16H33N. The van der Waals surface area contributed by atoms with Crippen LogP contribution < -0.4 is 5.73 Å². The molecule has 0 aromatic rings. The standard InChI is InChI=1S/C14H27N.C2H6/c1-11(2)6-12(3)8-13(4,7-11)10-14(5,15)9-12;1-2/h6-10,15H2,1-5H3;1-2H3. The van der Waals surface area contributed by atoms with E-state index in [0.29, 0.717) is 16.2 Å². The van der Waals surface area contributed by atoms with Gasteiger partial charge in [-0.25, -0.2) is 0 Å². The van der Waals surface area contributed by atoms with Crippen LogP contribution >= 0.6 is 0 Å². The Morgan fingerprint density at radius 3 is 1.35 bits per heavy atom. The zero-order chi connectivity index (χ0) is 13.5. The Bertz CT molecular complexity index is 220. The quantitative estimate of drug-likeness (QED) is 0.649. The maximum Gasteiger partial charge on any atom is 0.0136 e. The first kappa shape index (κ1) is 15.0. The second kappa shape index (κ2) is 4.26. The summed E-state index contributed by atoms with van der Waals surface area (Å²) in [5.41, 5.74) is 7.98. The van der Waals surface area contributed by atoms with Crippen molar-refractivity contribution in [2.24, 2.45) is 22.0 Å². The Morgan fingerprint density at radius 1 is 0.647 bits per heavy atom. The van der Waals surface area contributed by atoms with Gasteiger partial charge in [-0.15, -0.1) is 0 Å². The van der Waals surface area contributed by atoms with E-state index in [1.54, 1.807) is 0 Å². The van der Waals surface area contributed by atoms with Gasteiger partial charge in [-0.1, -0.05) is 41.5 Å². The monoisotopic (exact) mass is 239 g/mol. The Kier molecular flexibility index (Phi) is 3.76. The first-order valence-corrected chi connectivity index (χ1v) is 7.32. The average molecular weight is 239 g/mol. The predicted octanol–water partition coefficient (Wildman–Crippen LogP) is 4.75. The normalized spacial score (nSPS) is 48.0. The summed E-state index contributed by atoms with van der Waals surface area (Å²) >= 11 is 0. The van der Waals surface area contributed by atoms with Gasteiger partial charge in [0.15, 0.2) is 0 Å². The van der Waals surface area contributed by atoms with Crippen molar-refractivity contribution in [3.63, 3.8) is 0 Å². The summed E-state index contributed by atoms with van der Waals surface area (Å²) in [5, 5.41) is 0. The van der Waals surface area contributed by atoms with E-state index in [1.165, 1.54) is 32.1 Å². The van der Waals surface area contributed by atoms with Crippen LogP contribution in [-0.2, 0) is 0 Å². The lowest BCUT2D eigenvalue weighted by molar-refractivity contribution is -0.0708. The van der Waals surface area contributed by atoms with Crippen molar-refractivity contribution in [1.82, 2.24) is 0 Å². The fraction of sp³-hybridized carbons (Fsp3) is 1.00. The summed E-state index contributed by atoms with van der Waals surface area (Å²) in [7, 11) is 0. The summed E-state index contributed by atoms with van der Waals surface area (Å²) in [6, 6.07) is 0. The van der Waals surface area contributed by atoms with Crippen molar-refractivity contribution in [2.45, 2.75) is 86.1 Å². The number of rotatable bonds is 0. The minimum atomic E-state index is 0.0677. The highest BCUT2D eigenvalue weighted by molar-refractivity contribution is 5.07. The van der Waals surface area contributed by atoms with Crippen LogP contribution in [0.2, 0.25) is 0 Å². The minimum Gasteiger partial charge on any atom is -0.325 e. The van der Waals surface area contributed by atoms with Crippen molar-refractivity contribution in [3.05, 3.63) is 0 Å². The molecule has 1 nitrogen and oxygen atoms in total. The fourth-order valence-corrected chi connectivity index (χ4v) is 5.79. The number of nitrogens with two attached hydrogens (primary N) is 1. The van der Waals surface area contributed by atoms with Gasteiger partial charge in [-0.3, -0.25) is 0 Å². The Hall–Kier alpha value is -0.0400. The molecule has 0 saturated heterocycles. The van der Waals surface area contributed by atoms with E-state index in [1.807, 2.05) is 13.8 Å². The van der Waals surface area contributed by atoms with Crippen LogP contribution in [0.1, 0.15) is 80.6 Å². The fourth-order valence-electron chi connectivity index (χ4n) is 5.79. The van der Waals surface area contributed by atoms with E-state index in [0.717, 1.165) is 0 Å². The van der Waals surface area contributed by atoms with E-state index in [4.69, 9.17) is 5.73 Å². The molecule has 2 saturated carbocycles. The van der Waals surface area contributed by atoms with Crippen molar-refractivity contribution in [2.75, 3.05) is 0 Å². The van der Waals surface area contributed by atoms with Crippen LogP contribution in [0.3, 0.4) is 0 Å². The molecular weight excluding hydrogens is 206 g/mol. The zero-order valence-electron chi connectivity index (χ0n) is 13.1. The van der Waals surface area contributed by atoms with Gasteiger partial charge in [-0.2, -0.15) is 0 Å². The predicted molar refractivity (Wildman–Crippen MR) is 77.0 cm³/mol. The molecule has 1 heteroatoms. The molecule has 0 radical (unpaired) electrons. The van der Waals surface area contributed by atoms with Gasteiger partial charge >= 0.3 is 0 Å². The van der Waals surface area contributed by atoms with Crippen molar-refractivity contribution >= 4 is 0 Å². The molecule has 102 valence electrons. The van der Waals surface area contributed by atoms with Gasteiger partial charge in [0.25, 0.3) is 0 Å². The summed E-state index contributed by atoms with van der Waals surface area (Å²) in [4.78, 5) is 0. The summed E-state index contributed by atoms with van der Waals surface area (Å²) in [6.45, 7) is 16.0. The molecule has 0 amide bonds. The maximum atomic E-state index is 6.43. The first-order valence-electron chi connectivity index (χ1n) is 7.32. The number of hydrogen-bond donors (Lipinski definition) is 1. The molecule has 2 aliphatic rings. The van der Waals surface area contributed by atoms with Crippen LogP contribution in [0.15, 0.2) is 0 Å². The Balaban J connectivity index is 0.000000686. The maximum absolute atomic E-state index is 6.43. The molecule has 2 N–H and O–H groups in total. The molecule has 2 aliphatic carbocycles. The van der Waals surface area contributed by atoms with Crippen molar-refractivity contribution < 1.29 is 0 Å². The molecule has 2 rings (SSSR count). The molecule has 2 atom stereocenters. The summed E-state index contributed by atoms with van der Waals surface area (Å²) in [5.74, 6) is 0. The van der Waals surface area contributed by atoms with Gasteiger partial charge in [0, 0.05) is 5.54 Å². The first-order chi connectivity index (χ1) is 7.54. The lowest BCUT2D eigenvalue weighted by Crippen LogP contribution is -2.56. The van der Waals surface area contributed by atoms with Gasteiger partial charge in [0.1, 0.15) is 0 Å². The Morgan fingerprint density at radius 2 is 1.00 bits per heavy atom. The molecule has 0 aromatic carbocycles. The van der Waals surface area contributed by atoms with Gasteiger partial charge in [0.2, 0.25) is 0 Å². The third-order valence-electron chi connectivity index (χ3n) is 4.33. The Labute approximate surface area is 109 Å². The third kappa shape index (κ3) is 3.47. The molecule has 0 aliphatic heterocycles.